The number of aryl methyl sites for hydroxylation is 4. The van der Waals surface area contributed by atoms with Crippen LogP contribution in [0.2, 0.25) is 0 Å². The van der Waals surface area contributed by atoms with Gasteiger partial charge in [0.15, 0.2) is 0 Å². The number of aromatic nitrogens is 4. The first-order valence-electron chi connectivity index (χ1n) is 13.1. The van der Waals surface area contributed by atoms with Crippen LogP contribution in [0.15, 0.2) is 122 Å². The molecule has 0 fully saturated rings. The molecule has 0 atom stereocenters. The molecule has 6 heteroatoms. The summed E-state index contributed by atoms with van der Waals surface area (Å²) < 4.78 is 15.3. The summed E-state index contributed by atoms with van der Waals surface area (Å²) >= 11 is 0. The highest BCUT2D eigenvalue weighted by Gasteiger charge is 2.08. The molecule has 6 rings (SSSR count). The van der Waals surface area contributed by atoms with Crippen molar-refractivity contribution in [1.29, 1.82) is 0 Å². The summed E-state index contributed by atoms with van der Waals surface area (Å²) in [5.74, 6) is 3.35. The van der Waals surface area contributed by atoms with Crippen molar-refractivity contribution in [3.05, 3.63) is 133 Å². The van der Waals surface area contributed by atoms with Crippen LogP contribution in [0.5, 0.6) is 23.0 Å². The molecule has 6 nitrogen and oxygen atoms in total. The lowest BCUT2D eigenvalue weighted by Crippen LogP contribution is -1.94. The van der Waals surface area contributed by atoms with E-state index in [2.05, 4.69) is 36.2 Å². The molecule has 2 heterocycles. The number of rotatable bonds is 6. The standard InChI is InChI=1S/2C17H16N2O/c1-13-12-19(2)18-17(13)14-8-10-16(11-9-14)20-15-6-4-3-5-7-15;1-13-12-18-19(2)17(13)14-8-10-16(11-9-14)20-15-6-4-3-5-7-15/h2*3-12H,1-2H3. The largest absolute Gasteiger partial charge is 0.457 e. The third kappa shape index (κ3) is 6.48. The van der Waals surface area contributed by atoms with E-state index in [1.54, 1.807) is 0 Å². The van der Waals surface area contributed by atoms with Gasteiger partial charge in [0.1, 0.15) is 23.0 Å². The molecule has 0 radical (unpaired) electrons. The maximum Gasteiger partial charge on any atom is 0.127 e. The minimum atomic E-state index is 0.827. The molecule has 0 unspecified atom stereocenters. The number of nitrogens with zero attached hydrogens (tertiary/aromatic N) is 4. The lowest BCUT2D eigenvalue weighted by molar-refractivity contribution is 0.482. The third-order valence-corrected chi connectivity index (χ3v) is 6.35. The van der Waals surface area contributed by atoms with Gasteiger partial charge >= 0.3 is 0 Å². The van der Waals surface area contributed by atoms with E-state index in [-0.39, 0.29) is 0 Å². The van der Waals surface area contributed by atoms with Crippen LogP contribution < -0.4 is 9.47 Å². The van der Waals surface area contributed by atoms with Crippen molar-refractivity contribution in [2.45, 2.75) is 13.8 Å². The van der Waals surface area contributed by atoms with Crippen LogP contribution in [-0.4, -0.2) is 19.6 Å². The number of hydrogen-bond acceptors (Lipinski definition) is 4. The molecular weight excluding hydrogens is 496 g/mol. The van der Waals surface area contributed by atoms with Crippen molar-refractivity contribution >= 4 is 0 Å². The summed E-state index contributed by atoms with van der Waals surface area (Å²) in [7, 11) is 3.89. The smallest absolute Gasteiger partial charge is 0.127 e. The van der Waals surface area contributed by atoms with E-state index >= 15 is 0 Å². The van der Waals surface area contributed by atoms with Crippen LogP contribution in [-0.2, 0) is 14.1 Å². The zero-order chi connectivity index (χ0) is 27.9. The highest BCUT2D eigenvalue weighted by atomic mass is 16.5. The van der Waals surface area contributed by atoms with Gasteiger partial charge in [0.05, 0.1) is 17.6 Å². The van der Waals surface area contributed by atoms with Gasteiger partial charge in [0, 0.05) is 31.4 Å². The van der Waals surface area contributed by atoms with Crippen LogP contribution in [0, 0.1) is 13.8 Å². The Labute approximate surface area is 235 Å². The fourth-order valence-corrected chi connectivity index (χ4v) is 4.47. The third-order valence-electron chi connectivity index (χ3n) is 6.35. The second kappa shape index (κ2) is 12.2. The predicted octanol–water partition coefficient (Wildman–Crippen LogP) is 8.38. The molecule has 0 N–H and O–H groups in total. The quantitative estimate of drug-likeness (QED) is 0.218. The Balaban J connectivity index is 0.000000161. The van der Waals surface area contributed by atoms with Gasteiger partial charge in [0.2, 0.25) is 0 Å². The van der Waals surface area contributed by atoms with Gasteiger partial charge in [-0.25, -0.2) is 0 Å². The van der Waals surface area contributed by atoms with E-state index in [9.17, 15) is 0 Å². The number of benzene rings is 4. The van der Waals surface area contributed by atoms with E-state index in [4.69, 9.17) is 9.47 Å². The minimum absolute atomic E-state index is 0.827. The van der Waals surface area contributed by atoms with E-state index in [1.807, 2.05) is 133 Å². The number of ether oxygens (including phenoxy) is 2. The lowest BCUT2D eigenvalue weighted by Gasteiger charge is -2.08. The van der Waals surface area contributed by atoms with Gasteiger partial charge < -0.3 is 9.47 Å². The highest BCUT2D eigenvalue weighted by Crippen LogP contribution is 2.28. The summed E-state index contributed by atoms with van der Waals surface area (Å²) in [5, 5.41) is 8.74. The molecule has 4 aromatic carbocycles. The molecule has 0 aliphatic heterocycles. The molecule has 0 bridgehead atoms. The predicted molar refractivity (Wildman–Crippen MR) is 160 cm³/mol. The molecule has 0 saturated heterocycles. The fourth-order valence-electron chi connectivity index (χ4n) is 4.47. The average molecular weight is 529 g/mol. The van der Waals surface area contributed by atoms with Crippen LogP contribution >= 0.6 is 0 Å². The van der Waals surface area contributed by atoms with Crippen LogP contribution in [0.25, 0.3) is 22.5 Å². The van der Waals surface area contributed by atoms with Crippen molar-refractivity contribution in [3.8, 4) is 45.5 Å². The Bertz CT molecular complexity index is 1630. The van der Waals surface area contributed by atoms with Gasteiger partial charge in [-0.1, -0.05) is 36.4 Å². The van der Waals surface area contributed by atoms with Crippen LogP contribution in [0.4, 0.5) is 0 Å². The van der Waals surface area contributed by atoms with E-state index < -0.39 is 0 Å². The van der Waals surface area contributed by atoms with Gasteiger partial charge in [-0.2, -0.15) is 10.2 Å². The van der Waals surface area contributed by atoms with E-state index in [0.29, 0.717) is 0 Å². The number of para-hydroxylation sites is 2. The molecule has 0 spiro atoms. The maximum absolute atomic E-state index is 5.79. The Kier molecular flexibility index (Phi) is 8.07. The van der Waals surface area contributed by atoms with Crippen LogP contribution in [0.1, 0.15) is 11.1 Å². The van der Waals surface area contributed by atoms with Crippen LogP contribution in [0.3, 0.4) is 0 Å². The van der Waals surface area contributed by atoms with Gasteiger partial charge in [-0.05, 0) is 97.8 Å². The molecule has 200 valence electrons. The van der Waals surface area contributed by atoms with Gasteiger partial charge in [-0.15, -0.1) is 0 Å². The van der Waals surface area contributed by atoms with Crippen molar-refractivity contribution in [2.24, 2.45) is 14.1 Å². The Morgan fingerprint density at radius 2 is 1.02 bits per heavy atom. The maximum atomic E-state index is 5.79. The summed E-state index contributed by atoms with van der Waals surface area (Å²) in [6.45, 7) is 4.13. The fraction of sp³-hybridized carbons (Fsp3) is 0.118. The Morgan fingerprint density at radius 1 is 0.550 bits per heavy atom. The van der Waals surface area contributed by atoms with Crippen molar-refractivity contribution < 1.29 is 9.47 Å². The molecule has 2 aromatic heterocycles. The molecule has 6 aromatic rings. The first-order valence-corrected chi connectivity index (χ1v) is 13.1. The monoisotopic (exact) mass is 528 g/mol. The molecule has 0 aliphatic rings. The van der Waals surface area contributed by atoms with Crippen molar-refractivity contribution in [3.63, 3.8) is 0 Å². The highest BCUT2D eigenvalue weighted by molar-refractivity contribution is 5.64. The van der Waals surface area contributed by atoms with Gasteiger partial charge in [0.25, 0.3) is 0 Å². The number of hydrogen-bond donors (Lipinski definition) is 0. The summed E-state index contributed by atoms with van der Waals surface area (Å²) in [6.07, 6.45) is 3.90. The first-order chi connectivity index (χ1) is 19.5. The molecular formula is C34H32N4O2. The molecule has 40 heavy (non-hydrogen) atoms. The summed E-state index contributed by atoms with van der Waals surface area (Å²) in [6, 6.07) is 35.6. The van der Waals surface area contributed by atoms with E-state index in [1.165, 1.54) is 11.1 Å². The second-order valence-electron chi connectivity index (χ2n) is 9.51. The Morgan fingerprint density at radius 3 is 1.45 bits per heavy atom. The average Bonchev–Trinajstić information content (AvgIpc) is 3.50. The Hall–Kier alpha value is -5.10. The lowest BCUT2D eigenvalue weighted by atomic mass is 10.1. The normalized spacial score (nSPS) is 10.5. The zero-order valence-corrected chi connectivity index (χ0v) is 23.2. The summed E-state index contributed by atoms with van der Waals surface area (Å²) in [4.78, 5) is 0. The summed E-state index contributed by atoms with van der Waals surface area (Å²) in [5.41, 5.74) is 6.73. The molecule has 0 aliphatic carbocycles. The zero-order valence-electron chi connectivity index (χ0n) is 23.2. The van der Waals surface area contributed by atoms with E-state index in [0.717, 1.165) is 45.5 Å². The second-order valence-corrected chi connectivity index (χ2v) is 9.51. The topological polar surface area (TPSA) is 54.1 Å². The first kappa shape index (κ1) is 26.5. The molecule has 0 saturated carbocycles. The van der Waals surface area contributed by atoms with Crippen molar-refractivity contribution in [2.75, 3.05) is 0 Å². The van der Waals surface area contributed by atoms with Crippen molar-refractivity contribution in [1.82, 2.24) is 19.6 Å². The van der Waals surface area contributed by atoms with Gasteiger partial charge in [-0.3, -0.25) is 9.36 Å². The SMILES string of the molecule is Cc1cn(C)nc1-c1ccc(Oc2ccccc2)cc1.Cc1cnn(C)c1-c1ccc(Oc2ccccc2)cc1. The molecule has 0 amide bonds. The minimum Gasteiger partial charge on any atom is -0.457 e.